The summed E-state index contributed by atoms with van der Waals surface area (Å²) in [5.41, 5.74) is 3.51. The number of aryl methyl sites for hydroxylation is 1. The van der Waals surface area contributed by atoms with Crippen LogP contribution >= 0.6 is 11.6 Å². The summed E-state index contributed by atoms with van der Waals surface area (Å²) < 4.78 is 40.7. The molecule has 1 saturated heterocycles. The summed E-state index contributed by atoms with van der Waals surface area (Å²) in [6.07, 6.45) is -1.80. The first-order valence-electron chi connectivity index (χ1n) is 11.9. The van der Waals surface area contributed by atoms with Gasteiger partial charge in [0, 0.05) is 31.2 Å². The van der Waals surface area contributed by atoms with Crippen LogP contribution in [0.4, 0.5) is 19.0 Å². The number of rotatable bonds is 5. The summed E-state index contributed by atoms with van der Waals surface area (Å²) in [6, 6.07) is 13.0. The molecule has 2 aliphatic rings. The molecular formula is C26H23ClF3N5O. The van der Waals surface area contributed by atoms with Gasteiger partial charge in [0.1, 0.15) is 17.2 Å². The van der Waals surface area contributed by atoms with Gasteiger partial charge in [0.15, 0.2) is 0 Å². The highest BCUT2D eigenvalue weighted by atomic mass is 35.5. The number of hydrogen-bond donors (Lipinski definition) is 1. The summed E-state index contributed by atoms with van der Waals surface area (Å²) in [7, 11) is 0. The van der Waals surface area contributed by atoms with Gasteiger partial charge in [-0.2, -0.15) is 13.2 Å². The van der Waals surface area contributed by atoms with Crippen LogP contribution in [0.3, 0.4) is 0 Å². The zero-order chi connectivity index (χ0) is 25.2. The fourth-order valence-corrected chi connectivity index (χ4v) is 5.63. The van der Waals surface area contributed by atoms with E-state index >= 15 is 0 Å². The van der Waals surface area contributed by atoms with E-state index < -0.39 is 12.1 Å². The second-order valence-electron chi connectivity index (χ2n) is 9.52. The Kier molecular flexibility index (Phi) is 5.37. The maximum Gasteiger partial charge on any atom is 0.392 e. The van der Waals surface area contributed by atoms with Crippen molar-refractivity contribution in [1.29, 1.82) is 0 Å². The molecule has 3 atom stereocenters. The van der Waals surface area contributed by atoms with Crippen molar-refractivity contribution >= 4 is 39.9 Å². The Hall–Kier alpha value is -3.33. The summed E-state index contributed by atoms with van der Waals surface area (Å²) >= 11 is 6.13. The summed E-state index contributed by atoms with van der Waals surface area (Å²) in [5, 5.41) is 4.39. The molecule has 0 bridgehead atoms. The van der Waals surface area contributed by atoms with E-state index in [-0.39, 0.29) is 17.7 Å². The van der Waals surface area contributed by atoms with Crippen LogP contribution in [0.15, 0.2) is 48.7 Å². The van der Waals surface area contributed by atoms with Crippen LogP contribution in [-0.4, -0.2) is 39.5 Å². The minimum absolute atomic E-state index is 0.236. The van der Waals surface area contributed by atoms with Crippen molar-refractivity contribution in [2.75, 3.05) is 18.0 Å². The number of benzene rings is 1. The number of amides is 1. The van der Waals surface area contributed by atoms with Crippen LogP contribution in [0.2, 0.25) is 5.02 Å². The zero-order valence-electron chi connectivity index (χ0n) is 19.4. The molecule has 1 saturated carbocycles. The first-order chi connectivity index (χ1) is 17.2. The fourth-order valence-electron chi connectivity index (χ4n) is 5.47. The van der Waals surface area contributed by atoms with Crippen molar-refractivity contribution < 1.29 is 18.0 Å². The Morgan fingerprint density at radius 1 is 1.11 bits per heavy atom. The molecule has 2 fully saturated rings. The van der Waals surface area contributed by atoms with Crippen LogP contribution in [-0.2, 0) is 13.0 Å². The molecule has 4 aromatic rings. The van der Waals surface area contributed by atoms with Crippen LogP contribution in [0.25, 0.3) is 16.6 Å². The molecule has 0 radical (unpaired) electrons. The third kappa shape index (κ3) is 3.95. The highest BCUT2D eigenvalue weighted by molar-refractivity contribution is 6.30. The lowest BCUT2D eigenvalue weighted by Gasteiger charge is -2.22. The molecule has 1 amide bonds. The standard InChI is InChI=1S/C26H23ClF3N5O/c1-2-19-24(35-11-16(27)5-8-22(35)32-19)25(36)31-10-14-3-6-20-15(9-14)4-7-21(33-20)34-12-17-18(13-34)23(17)26(28,29)30/h3-9,11,17-18,23H,2,10,12-13H2,1H3,(H,31,36)/t17-,18+,23?. The molecule has 6 nitrogen and oxygen atoms in total. The zero-order valence-corrected chi connectivity index (χ0v) is 20.1. The molecule has 1 unspecified atom stereocenters. The Labute approximate surface area is 210 Å². The molecule has 0 spiro atoms. The number of carbonyl (C=O) groups excluding carboxylic acids is 1. The Balaban J connectivity index is 1.15. The number of pyridine rings is 2. The van der Waals surface area contributed by atoms with Crippen molar-refractivity contribution in [3.8, 4) is 0 Å². The largest absolute Gasteiger partial charge is 0.392 e. The highest BCUT2D eigenvalue weighted by Gasteiger charge is 2.67. The lowest BCUT2D eigenvalue weighted by Crippen LogP contribution is -2.28. The van der Waals surface area contributed by atoms with Gasteiger partial charge in [0.25, 0.3) is 5.91 Å². The molecule has 1 N–H and O–H groups in total. The number of anilines is 1. The van der Waals surface area contributed by atoms with Crippen molar-refractivity contribution in [1.82, 2.24) is 19.7 Å². The number of piperidine rings is 1. The minimum atomic E-state index is -4.10. The van der Waals surface area contributed by atoms with E-state index in [0.29, 0.717) is 53.9 Å². The predicted molar refractivity (Wildman–Crippen MR) is 131 cm³/mol. The van der Waals surface area contributed by atoms with Gasteiger partial charge in [-0.25, -0.2) is 9.97 Å². The van der Waals surface area contributed by atoms with E-state index in [1.165, 1.54) is 0 Å². The SMILES string of the molecule is CCc1nc2ccc(Cl)cn2c1C(=O)NCc1ccc2nc(N3C[C@@H]4C(C(F)(F)F)[C@@H]4C3)ccc2c1. The third-order valence-corrected chi connectivity index (χ3v) is 7.52. The van der Waals surface area contributed by atoms with E-state index in [1.54, 1.807) is 22.7 Å². The number of hydrogen-bond acceptors (Lipinski definition) is 4. The van der Waals surface area contributed by atoms with Gasteiger partial charge in [0.05, 0.1) is 22.2 Å². The number of nitrogens with zero attached hydrogens (tertiary/aromatic N) is 4. The average Bonchev–Trinajstić information content (AvgIpc) is 3.20. The minimum Gasteiger partial charge on any atom is -0.356 e. The van der Waals surface area contributed by atoms with Crippen LogP contribution in [0, 0.1) is 17.8 Å². The van der Waals surface area contributed by atoms with Gasteiger partial charge in [-0.1, -0.05) is 24.6 Å². The third-order valence-electron chi connectivity index (χ3n) is 7.29. The number of halogens is 4. The normalized spacial score (nSPS) is 21.2. The van der Waals surface area contributed by atoms with E-state index in [9.17, 15) is 18.0 Å². The Bertz CT molecular complexity index is 1490. The lowest BCUT2D eigenvalue weighted by molar-refractivity contribution is -0.154. The second kappa shape index (κ2) is 8.37. The first-order valence-corrected chi connectivity index (χ1v) is 12.3. The molecule has 1 aliphatic carbocycles. The van der Waals surface area contributed by atoms with Crippen molar-refractivity contribution in [2.24, 2.45) is 17.8 Å². The molecule has 1 aliphatic heterocycles. The fraction of sp³-hybridized carbons (Fsp3) is 0.346. The monoisotopic (exact) mass is 513 g/mol. The van der Waals surface area contributed by atoms with E-state index in [2.05, 4.69) is 15.3 Å². The van der Waals surface area contributed by atoms with Gasteiger partial charge < -0.3 is 10.2 Å². The molecule has 1 aromatic carbocycles. The Morgan fingerprint density at radius 2 is 1.89 bits per heavy atom. The van der Waals surface area contributed by atoms with Crippen LogP contribution < -0.4 is 10.2 Å². The summed E-state index contributed by atoms with van der Waals surface area (Å²) in [6.45, 7) is 3.06. The predicted octanol–water partition coefficient (Wildman–Crippen LogP) is 5.27. The van der Waals surface area contributed by atoms with Crippen molar-refractivity contribution in [3.63, 3.8) is 0 Å². The highest BCUT2D eigenvalue weighted by Crippen LogP contribution is 2.59. The smallest absolute Gasteiger partial charge is 0.356 e. The number of fused-ring (bicyclic) bond motifs is 3. The van der Waals surface area contributed by atoms with Gasteiger partial charge in [-0.15, -0.1) is 0 Å². The number of carbonyl (C=O) groups is 1. The summed E-state index contributed by atoms with van der Waals surface area (Å²) in [4.78, 5) is 24.2. The van der Waals surface area contributed by atoms with Crippen LogP contribution in [0.1, 0.15) is 28.7 Å². The van der Waals surface area contributed by atoms with Gasteiger partial charge in [-0.3, -0.25) is 9.20 Å². The van der Waals surface area contributed by atoms with Gasteiger partial charge in [0.2, 0.25) is 0 Å². The molecule has 186 valence electrons. The van der Waals surface area contributed by atoms with Crippen molar-refractivity contribution in [2.45, 2.75) is 26.1 Å². The van der Waals surface area contributed by atoms with E-state index in [4.69, 9.17) is 11.6 Å². The first kappa shape index (κ1) is 23.1. The molecule has 4 heterocycles. The maximum absolute atomic E-state index is 13.1. The molecule has 3 aromatic heterocycles. The quantitative estimate of drug-likeness (QED) is 0.395. The number of alkyl halides is 3. The van der Waals surface area contributed by atoms with E-state index in [1.807, 2.05) is 42.2 Å². The number of nitrogens with one attached hydrogen (secondary N) is 1. The Morgan fingerprint density at radius 3 is 2.61 bits per heavy atom. The van der Waals surface area contributed by atoms with Gasteiger partial charge >= 0.3 is 6.18 Å². The van der Waals surface area contributed by atoms with E-state index in [0.717, 1.165) is 16.5 Å². The average molecular weight is 514 g/mol. The van der Waals surface area contributed by atoms with Crippen molar-refractivity contribution in [3.05, 3.63) is 70.6 Å². The maximum atomic E-state index is 13.1. The van der Waals surface area contributed by atoms with Gasteiger partial charge in [-0.05, 0) is 60.2 Å². The molecular weight excluding hydrogens is 491 g/mol. The molecule has 36 heavy (non-hydrogen) atoms. The van der Waals surface area contributed by atoms with Crippen LogP contribution in [0.5, 0.6) is 0 Å². The lowest BCUT2D eigenvalue weighted by atomic mass is 10.1. The summed E-state index contributed by atoms with van der Waals surface area (Å²) in [5.74, 6) is -1.32. The molecule has 6 rings (SSSR count). The number of imidazole rings is 1. The topological polar surface area (TPSA) is 62.5 Å². The number of aromatic nitrogens is 3. The molecule has 10 heteroatoms. The second-order valence-corrected chi connectivity index (χ2v) is 9.95.